The molecule has 4 fully saturated rings. The van der Waals surface area contributed by atoms with Crippen LogP contribution in [0.3, 0.4) is 0 Å². The second-order valence-electron chi connectivity index (χ2n) is 16.9. The molecule has 1 spiro atoms. The topological polar surface area (TPSA) is 122 Å². The molecule has 272 valence electrons. The van der Waals surface area contributed by atoms with Crippen LogP contribution in [0.2, 0.25) is 5.02 Å². The van der Waals surface area contributed by atoms with E-state index in [9.17, 15) is 28.4 Å². The first-order valence-corrected chi connectivity index (χ1v) is 19.0. The van der Waals surface area contributed by atoms with Crippen molar-refractivity contribution in [3.8, 4) is 0 Å². The van der Waals surface area contributed by atoms with Crippen molar-refractivity contribution in [3.05, 3.63) is 34.6 Å². The average Bonchev–Trinajstić information content (AvgIpc) is 4.00. The van der Waals surface area contributed by atoms with Crippen LogP contribution >= 0.6 is 11.6 Å². The lowest BCUT2D eigenvalue weighted by Crippen LogP contribution is -2.57. The fourth-order valence-electron chi connectivity index (χ4n) is 8.03. The van der Waals surface area contributed by atoms with Crippen LogP contribution in [-0.4, -0.2) is 64.0 Å². The van der Waals surface area contributed by atoms with Gasteiger partial charge in [-0.25, -0.2) is 4.39 Å². The van der Waals surface area contributed by atoms with Crippen molar-refractivity contribution in [3.63, 3.8) is 0 Å². The van der Waals surface area contributed by atoms with Gasteiger partial charge in [-0.3, -0.25) is 24.0 Å². The van der Waals surface area contributed by atoms with Crippen LogP contribution in [0.4, 0.5) is 4.39 Å². The van der Waals surface area contributed by atoms with Gasteiger partial charge < -0.3 is 15.1 Å². The van der Waals surface area contributed by atoms with Gasteiger partial charge >= 0.3 is 0 Å². The first-order chi connectivity index (χ1) is 23.7. The van der Waals surface area contributed by atoms with Crippen LogP contribution in [0.25, 0.3) is 0 Å². The molecule has 5 aliphatic rings. The van der Waals surface area contributed by atoms with E-state index in [2.05, 4.69) is 10.5 Å². The van der Waals surface area contributed by atoms with Crippen LogP contribution in [0, 0.1) is 34.9 Å². The fraction of sp³-hybridized carbons (Fsp3) is 0.692. The lowest BCUT2D eigenvalue weighted by Gasteiger charge is -2.36. The maximum atomic E-state index is 14.6. The molecule has 1 saturated heterocycles. The molecule has 3 saturated carbocycles. The summed E-state index contributed by atoms with van der Waals surface area (Å²) < 4.78 is 14.0. The Morgan fingerprint density at radius 3 is 2.32 bits per heavy atom. The Kier molecular flexibility index (Phi) is 10.9. The molecule has 11 heteroatoms. The number of hydrogen-bond donors (Lipinski definition) is 1. The lowest BCUT2D eigenvalue weighted by atomic mass is 9.83. The second-order valence-corrected chi connectivity index (χ2v) is 17.3. The SMILES string of the molecule is CC(C)(C)[C@H](NC(=O)CC1CCCCC1)C(=O)N1C[C@@]2(CC(c3ccc(F)c(Cl)c3)=NO2)C[C@H]1C(=O)C[C@@H](CC1CC1)C(=O)C(=O)CC1CC1. The van der Waals surface area contributed by atoms with Crippen LogP contribution in [-0.2, 0) is 28.8 Å². The zero-order chi connectivity index (χ0) is 35.8. The summed E-state index contributed by atoms with van der Waals surface area (Å²) in [4.78, 5) is 76.4. The number of nitrogens with zero attached hydrogens (tertiary/aromatic N) is 2. The van der Waals surface area contributed by atoms with Crippen molar-refractivity contribution >= 4 is 46.5 Å². The number of likely N-dealkylation sites (tertiary alicyclic amines) is 1. The standard InChI is InChI=1S/C39H51ClFN3O6/c1-38(2,3)36(42-34(47)17-23-7-5-4-6-8-23)37(49)44-22-39(20-30(43-50-39)26-13-14-29(41)28(40)18-26)21-31(44)32(45)19-27(15-24-9-10-24)35(48)33(46)16-25-11-12-25/h13-14,18,23-25,27,31,36H,4-12,15-17,19-22H2,1-3H3,(H,42,47)/t27-,31+,36-,39-/m1/s1. The van der Waals surface area contributed by atoms with Gasteiger partial charge in [0.15, 0.2) is 17.2 Å². The average molecular weight is 712 g/mol. The van der Waals surface area contributed by atoms with Gasteiger partial charge in [-0.2, -0.15) is 0 Å². The number of halogens is 2. The summed E-state index contributed by atoms with van der Waals surface area (Å²) in [5.41, 5.74) is -0.620. The van der Waals surface area contributed by atoms with E-state index in [1.54, 1.807) is 6.07 Å². The van der Waals surface area contributed by atoms with E-state index in [1.165, 1.54) is 23.5 Å². The van der Waals surface area contributed by atoms with Gasteiger partial charge in [0.1, 0.15) is 11.9 Å². The molecule has 1 N–H and O–H groups in total. The molecule has 2 amide bonds. The summed E-state index contributed by atoms with van der Waals surface area (Å²) in [6.45, 7) is 5.71. The van der Waals surface area contributed by atoms with Gasteiger partial charge in [-0.05, 0) is 67.4 Å². The summed E-state index contributed by atoms with van der Waals surface area (Å²) >= 11 is 6.07. The number of ketones is 3. The molecule has 9 nitrogen and oxygen atoms in total. The largest absolute Gasteiger partial charge is 0.387 e. The van der Waals surface area contributed by atoms with Gasteiger partial charge in [0.2, 0.25) is 17.6 Å². The van der Waals surface area contributed by atoms with E-state index >= 15 is 0 Å². The molecule has 4 atom stereocenters. The van der Waals surface area contributed by atoms with Crippen LogP contribution in [0.5, 0.6) is 0 Å². The third kappa shape index (κ3) is 8.83. The molecule has 1 aromatic rings. The Morgan fingerprint density at radius 1 is 1.00 bits per heavy atom. The van der Waals surface area contributed by atoms with Crippen molar-refractivity contribution in [1.29, 1.82) is 0 Å². The van der Waals surface area contributed by atoms with Gasteiger partial charge in [0.05, 0.1) is 23.3 Å². The molecule has 0 aromatic heterocycles. The van der Waals surface area contributed by atoms with Crippen molar-refractivity contribution in [2.45, 2.75) is 135 Å². The molecular formula is C39H51ClFN3O6. The third-order valence-electron chi connectivity index (χ3n) is 11.3. The van der Waals surface area contributed by atoms with E-state index in [1.807, 2.05) is 20.8 Å². The highest BCUT2D eigenvalue weighted by molar-refractivity contribution is 6.38. The first-order valence-electron chi connectivity index (χ1n) is 18.6. The highest BCUT2D eigenvalue weighted by atomic mass is 35.5. The monoisotopic (exact) mass is 711 g/mol. The predicted molar refractivity (Wildman–Crippen MR) is 187 cm³/mol. The van der Waals surface area contributed by atoms with E-state index in [-0.39, 0.29) is 66.7 Å². The highest BCUT2D eigenvalue weighted by Crippen LogP contribution is 2.43. The normalized spacial score (nSPS) is 25.2. The number of carbonyl (C=O) groups excluding carboxylic acids is 5. The van der Waals surface area contributed by atoms with Crippen LogP contribution < -0.4 is 5.32 Å². The number of Topliss-reactive ketones (excluding diaryl/α,β-unsaturated/α-hetero) is 3. The van der Waals surface area contributed by atoms with Gasteiger partial charge in [-0.15, -0.1) is 0 Å². The first kappa shape index (κ1) is 36.6. The summed E-state index contributed by atoms with van der Waals surface area (Å²) in [7, 11) is 0. The smallest absolute Gasteiger partial charge is 0.246 e. The molecular weight excluding hydrogens is 661 g/mol. The molecule has 1 aromatic carbocycles. The number of oxime groups is 1. The zero-order valence-corrected chi connectivity index (χ0v) is 30.4. The van der Waals surface area contributed by atoms with E-state index in [4.69, 9.17) is 16.4 Å². The minimum Gasteiger partial charge on any atom is -0.387 e. The quantitative estimate of drug-likeness (QED) is 0.213. The molecule has 0 bridgehead atoms. The molecule has 2 heterocycles. The molecule has 3 aliphatic carbocycles. The number of hydrogen-bond acceptors (Lipinski definition) is 7. The Balaban J connectivity index is 1.24. The minimum atomic E-state index is -1.04. The molecule has 50 heavy (non-hydrogen) atoms. The maximum absolute atomic E-state index is 14.6. The number of carbonyl (C=O) groups is 5. The Morgan fingerprint density at radius 2 is 1.68 bits per heavy atom. The molecule has 2 aliphatic heterocycles. The lowest BCUT2D eigenvalue weighted by molar-refractivity contribution is -0.145. The summed E-state index contributed by atoms with van der Waals surface area (Å²) in [5, 5.41) is 7.30. The van der Waals surface area contributed by atoms with Crippen molar-refractivity contribution < 1.29 is 33.2 Å². The summed E-state index contributed by atoms with van der Waals surface area (Å²) in [5.74, 6) is -2.14. The van der Waals surface area contributed by atoms with Crippen LogP contribution in [0.1, 0.15) is 123 Å². The van der Waals surface area contributed by atoms with E-state index in [0.29, 0.717) is 30.0 Å². The van der Waals surface area contributed by atoms with Gasteiger partial charge in [-0.1, -0.05) is 75.7 Å². The highest BCUT2D eigenvalue weighted by Gasteiger charge is 2.55. The Labute approximate surface area is 299 Å². The second kappa shape index (κ2) is 14.8. The number of benzene rings is 1. The summed E-state index contributed by atoms with van der Waals surface area (Å²) in [6.07, 6.45) is 10.5. The van der Waals surface area contributed by atoms with E-state index < -0.39 is 46.4 Å². The number of nitrogens with one attached hydrogen (secondary N) is 1. The molecule has 0 unspecified atom stereocenters. The van der Waals surface area contributed by atoms with Crippen molar-refractivity contribution in [1.82, 2.24) is 10.2 Å². The predicted octanol–water partition coefficient (Wildman–Crippen LogP) is 6.76. The zero-order valence-electron chi connectivity index (χ0n) is 29.6. The minimum absolute atomic E-state index is 0.0388. The Hall–Kier alpha value is -3.14. The fourth-order valence-corrected chi connectivity index (χ4v) is 8.21. The van der Waals surface area contributed by atoms with Crippen LogP contribution in [0.15, 0.2) is 23.4 Å². The molecule has 6 rings (SSSR count). The van der Waals surface area contributed by atoms with Gasteiger partial charge in [0.25, 0.3) is 0 Å². The summed E-state index contributed by atoms with van der Waals surface area (Å²) in [6, 6.07) is 2.44. The third-order valence-corrected chi connectivity index (χ3v) is 11.6. The number of rotatable bonds is 14. The Bertz CT molecular complexity index is 1540. The molecule has 0 radical (unpaired) electrons. The number of amides is 2. The van der Waals surface area contributed by atoms with Crippen molar-refractivity contribution in [2.75, 3.05) is 6.54 Å². The van der Waals surface area contributed by atoms with E-state index in [0.717, 1.165) is 51.4 Å². The van der Waals surface area contributed by atoms with Crippen molar-refractivity contribution in [2.24, 2.45) is 34.2 Å². The maximum Gasteiger partial charge on any atom is 0.246 e. The van der Waals surface area contributed by atoms with Gasteiger partial charge in [0, 0.05) is 43.6 Å².